The number of benzene rings is 1. The molecule has 34 heavy (non-hydrogen) atoms. The Labute approximate surface area is 206 Å². The van der Waals surface area contributed by atoms with Gasteiger partial charge in [-0.2, -0.15) is 0 Å². The zero-order chi connectivity index (χ0) is 24.5. The number of aromatic nitrogens is 2. The Kier molecular flexibility index (Phi) is 9.77. The number of allylic oxidation sites excluding steroid dienone is 2. The first-order chi connectivity index (χ1) is 16.5. The maximum absolute atomic E-state index is 13.9. The number of aryl methyl sites for hydroxylation is 1. The quantitative estimate of drug-likeness (QED) is 0.353. The van der Waals surface area contributed by atoms with E-state index in [1.807, 2.05) is 20.0 Å². The summed E-state index contributed by atoms with van der Waals surface area (Å²) in [6.45, 7) is 8.20. The van der Waals surface area contributed by atoms with Crippen molar-refractivity contribution >= 4 is 27.3 Å². The molecule has 0 bridgehead atoms. The number of hydrogen-bond donors (Lipinski definition) is 2. The summed E-state index contributed by atoms with van der Waals surface area (Å²) in [5.74, 6) is 0.329. The van der Waals surface area contributed by atoms with Gasteiger partial charge >= 0.3 is 0 Å². The summed E-state index contributed by atoms with van der Waals surface area (Å²) >= 11 is 1.46. The van der Waals surface area contributed by atoms with Gasteiger partial charge in [-0.1, -0.05) is 43.9 Å². The van der Waals surface area contributed by atoms with E-state index < -0.39 is 6.10 Å². The Balaban J connectivity index is 1.55. The van der Waals surface area contributed by atoms with Crippen LogP contribution in [0.4, 0.5) is 14.7 Å². The maximum atomic E-state index is 13.9. The molecule has 8 heteroatoms. The molecule has 184 valence electrons. The van der Waals surface area contributed by atoms with Crippen molar-refractivity contribution in [2.45, 2.75) is 64.5 Å². The van der Waals surface area contributed by atoms with Crippen LogP contribution in [0.15, 0.2) is 47.6 Å². The van der Waals surface area contributed by atoms with Crippen molar-refractivity contribution < 1.29 is 9.13 Å². The number of nitrogens with zero attached hydrogens (tertiary/aromatic N) is 3. The molecule has 1 heterocycles. The summed E-state index contributed by atoms with van der Waals surface area (Å²) in [7, 11) is 3.50. The van der Waals surface area contributed by atoms with Gasteiger partial charge < -0.3 is 15.4 Å². The van der Waals surface area contributed by atoms with Crippen LogP contribution < -0.4 is 10.6 Å². The van der Waals surface area contributed by atoms with Gasteiger partial charge in [0.05, 0.1) is 0 Å². The summed E-state index contributed by atoms with van der Waals surface area (Å²) in [5.41, 5.74) is 3.34. The fraction of sp³-hybridized carbons (Fsp3) is 0.500. The highest BCUT2D eigenvalue weighted by molar-refractivity contribution is 7.19. The predicted molar refractivity (Wildman–Crippen MR) is 140 cm³/mol. The Hall–Kier alpha value is -2.58. The fourth-order valence-corrected chi connectivity index (χ4v) is 5.14. The minimum atomic E-state index is -0.419. The van der Waals surface area contributed by atoms with Crippen molar-refractivity contribution in [2.24, 2.45) is 10.9 Å². The average Bonchev–Trinajstić information content (AvgIpc) is 3.28. The third-order valence-electron chi connectivity index (χ3n) is 6.25. The zero-order valence-electron chi connectivity index (χ0n) is 20.6. The monoisotopic (exact) mass is 485 g/mol. The van der Waals surface area contributed by atoms with Crippen LogP contribution in [-0.4, -0.2) is 36.1 Å². The molecule has 2 N–H and O–H groups in total. The van der Waals surface area contributed by atoms with Crippen LogP contribution in [0.25, 0.3) is 0 Å². The maximum Gasteiger partial charge on any atom is 0.211 e. The van der Waals surface area contributed by atoms with Crippen LogP contribution in [-0.2, 0) is 11.2 Å². The van der Waals surface area contributed by atoms with Crippen LogP contribution >= 0.6 is 11.3 Å². The van der Waals surface area contributed by atoms with Gasteiger partial charge in [0.2, 0.25) is 10.3 Å². The standard InChI is InChI=1S/C26H36FN5OS/c1-6-8-9-23(28-4)19-10-13-21(14-11-19)30-26-32-31-25(34-26)29-17(3)24(33-5)20-12-15-22(27)18(7-2)16-20/h8-9,12,15-16,19,21,24H,3,6-7,10-11,13-14H2,1-2,4-5H3,(H,29,31)(H,30,32)/b9-8-,28-23?/t19?,21?,24-/m1/s1. The van der Waals surface area contributed by atoms with Gasteiger partial charge in [0.15, 0.2) is 0 Å². The molecule has 1 fully saturated rings. The SMILES string of the molecule is C=C(Nc1nnc(NC2CCC(C(/C=C\CC)=NC)CC2)s1)[C@@H](OC)c1ccc(F)c(CC)c1. The van der Waals surface area contributed by atoms with E-state index in [9.17, 15) is 4.39 Å². The molecule has 0 radical (unpaired) electrons. The van der Waals surface area contributed by atoms with Gasteiger partial charge in [-0.25, -0.2) is 4.39 Å². The van der Waals surface area contributed by atoms with Gasteiger partial charge in [-0.3, -0.25) is 4.99 Å². The highest BCUT2D eigenvalue weighted by Crippen LogP contribution is 2.32. The Morgan fingerprint density at radius 1 is 1.26 bits per heavy atom. The number of aliphatic imine (C=N–C) groups is 1. The van der Waals surface area contributed by atoms with Crippen molar-refractivity contribution in [3.63, 3.8) is 0 Å². The van der Waals surface area contributed by atoms with E-state index >= 15 is 0 Å². The minimum Gasteiger partial charge on any atom is -0.371 e. The molecule has 0 spiro atoms. The lowest BCUT2D eigenvalue weighted by atomic mass is 9.83. The van der Waals surface area contributed by atoms with E-state index in [-0.39, 0.29) is 5.82 Å². The normalized spacial score (nSPS) is 19.9. The van der Waals surface area contributed by atoms with E-state index in [1.165, 1.54) is 23.1 Å². The number of rotatable bonds is 11. The summed E-state index contributed by atoms with van der Waals surface area (Å²) < 4.78 is 19.5. The van der Waals surface area contributed by atoms with Crippen LogP contribution in [0.5, 0.6) is 0 Å². The third-order valence-corrected chi connectivity index (χ3v) is 7.02. The van der Waals surface area contributed by atoms with E-state index in [0.29, 0.717) is 34.8 Å². The van der Waals surface area contributed by atoms with Gasteiger partial charge in [0.25, 0.3) is 0 Å². The Morgan fingerprint density at radius 2 is 2.00 bits per heavy atom. The van der Waals surface area contributed by atoms with E-state index in [0.717, 1.165) is 42.8 Å². The zero-order valence-corrected chi connectivity index (χ0v) is 21.4. The van der Waals surface area contributed by atoms with Gasteiger partial charge in [-0.05, 0) is 67.9 Å². The Bertz CT molecular complexity index is 1010. The number of hydrogen-bond acceptors (Lipinski definition) is 7. The number of ether oxygens (including phenoxy) is 1. The lowest BCUT2D eigenvalue weighted by molar-refractivity contribution is 0.134. The average molecular weight is 486 g/mol. The lowest BCUT2D eigenvalue weighted by Gasteiger charge is -2.29. The largest absolute Gasteiger partial charge is 0.371 e. The van der Waals surface area contributed by atoms with Gasteiger partial charge in [0.1, 0.15) is 11.9 Å². The van der Waals surface area contributed by atoms with Crippen molar-refractivity contribution in [3.8, 4) is 0 Å². The molecule has 1 aromatic carbocycles. The highest BCUT2D eigenvalue weighted by Gasteiger charge is 2.24. The van der Waals surface area contributed by atoms with Crippen molar-refractivity contribution in [3.05, 3.63) is 59.6 Å². The molecular weight excluding hydrogens is 449 g/mol. The fourth-order valence-electron chi connectivity index (χ4n) is 4.38. The molecule has 1 aromatic heterocycles. The van der Waals surface area contributed by atoms with E-state index in [1.54, 1.807) is 13.2 Å². The minimum absolute atomic E-state index is 0.204. The Morgan fingerprint density at radius 3 is 2.65 bits per heavy atom. The summed E-state index contributed by atoms with van der Waals surface area (Å²) in [5, 5.41) is 16.7. The van der Waals surface area contributed by atoms with Gasteiger partial charge in [-0.15, -0.1) is 10.2 Å². The van der Waals surface area contributed by atoms with E-state index in [4.69, 9.17) is 4.74 Å². The third kappa shape index (κ3) is 6.73. The van der Waals surface area contributed by atoms with Crippen molar-refractivity contribution in [2.75, 3.05) is 24.8 Å². The first kappa shape index (κ1) is 26.0. The van der Waals surface area contributed by atoms with Crippen molar-refractivity contribution in [1.29, 1.82) is 0 Å². The second-order valence-corrected chi connectivity index (χ2v) is 9.51. The second-order valence-electron chi connectivity index (χ2n) is 8.53. The van der Waals surface area contributed by atoms with Gasteiger partial charge in [0, 0.05) is 37.5 Å². The van der Waals surface area contributed by atoms with E-state index in [2.05, 4.69) is 51.5 Å². The first-order valence-electron chi connectivity index (χ1n) is 12.0. The molecule has 0 amide bonds. The molecular formula is C26H36FN5OS. The first-order valence-corrected chi connectivity index (χ1v) is 12.8. The lowest BCUT2D eigenvalue weighted by Crippen LogP contribution is -2.28. The smallest absolute Gasteiger partial charge is 0.211 e. The summed E-state index contributed by atoms with van der Waals surface area (Å²) in [6.07, 6.45) is 9.98. The summed E-state index contributed by atoms with van der Waals surface area (Å²) in [6, 6.07) is 5.41. The molecule has 3 rings (SSSR count). The van der Waals surface area contributed by atoms with Crippen LogP contribution in [0.2, 0.25) is 0 Å². The second kappa shape index (κ2) is 12.8. The molecule has 1 aliphatic carbocycles. The molecule has 0 unspecified atom stereocenters. The molecule has 0 saturated heterocycles. The molecule has 2 aromatic rings. The molecule has 0 aliphatic heterocycles. The van der Waals surface area contributed by atoms with Crippen LogP contribution in [0.1, 0.15) is 63.2 Å². The summed E-state index contributed by atoms with van der Waals surface area (Å²) in [4.78, 5) is 4.49. The van der Waals surface area contributed by atoms with Crippen LogP contribution in [0, 0.1) is 11.7 Å². The number of nitrogens with one attached hydrogen (secondary N) is 2. The number of anilines is 2. The number of methoxy groups -OCH3 is 1. The van der Waals surface area contributed by atoms with Crippen molar-refractivity contribution in [1.82, 2.24) is 10.2 Å². The molecule has 1 saturated carbocycles. The molecule has 1 aliphatic rings. The number of halogens is 1. The highest BCUT2D eigenvalue weighted by atomic mass is 32.1. The molecule has 1 atom stereocenters. The predicted octanol–water partition coefficient (Wildman–Crippen LogP) is 6.56. The van der Waals surface area contributed by atoms with Crippen LogP contribution in [0.3, 0.4) is 0 Å². The topological polar surface area (TPSA) is 71.4 Å². The molecule has 6 nitrogen and oxygen atoms in total.